The van der Waals surface area contributed by atoms with Crippen LogP contribution in [0.15, 0.2) is 4.99 Å². The van der Waals surface area contributed by atoms with E-state index in [2.05, 4.69) is 25.8 Å². The lowest BCUT2D eigenvalue weighted by Crippen LogP contribution is -2.23. The summed E-state index contributed by atoms with van der Waals surface area (Å²) in [5, 5.41) is 0. The zero-order valence-electron chi connectivity index (χ0n) is 18.4. The van der Waals surface area contributed by atoms with Crippen molar-refractivity contribution in [2.24, 2.45) is 16.1 Å². The number of unbranched alkanes of at least 4 members (excludes halogenated alkanes) is 11. The van der Waals surface area contributed by atoms with Gasteiger partial charge in [-0.05, 0) is 25.8 Å². The van der Waals surface area contributed by atoms with E-state index < -0.39 is 0 Å². The maximum atomic E-state index is 11.9. The minimum Gasteiger partial charge on any atom is -0.465 e. The van der Waals surface area contributed by atoms with Crippen LogP contribution in [0.25, 0.3) is 0 Å². The number of carbonyl (C=O) groups excluding carboxylic acids is 1. The fraction of sp³-hybridized carbons (Fsp3) is 0.913. The summed E-state index contributed by atoms with van der Waals surface area (Å²) in [6.45, 7) is 8.42. The Labute approximate surface area is 168 Å². The lowest BCUT2D eigenvalue weighted by atomic mass is 9.97. The Morgan fingerprint density at radius 1 is 0.889 bits per heavy atom. The fourth-order valence-corrected chi connectivity index (χ4v) is 2.97. The number of ether oxygens (including phenoxy) is 1. The summed E-state index contributed by atoms with van der Waals surface area (Å²) in [6, 6.07) is 0. The number of hydrogen-bond acceptors (Lipinski definition) is 4. The second-order valence-corrected chi connectivity index (χ2v) is 8.47. The van der Waals surface area contributed by atoms with Crippen LogP contribution >= 0.6 is 0 Å². The second-order valence-electron chi connectivity index (χ2n) is 8.47. The zero-order valence-corrected chi connectivity index (χ0v) is 18.4. The predicted octanol–water partition coefficient (Wildman–Crippen LogP) is 6.07. The lowest BCUT2D eigenvalue weighted by molar-refractivity contribution is -0.145. The summed E-state index contributed by atoms with van der Waals surface area (Å²) in [5.41, 5.74) is 5.30. The number of carbonyl (C=O) groups is 1. The van der Waals surface area contributed by atoms with E-state index in [0.29, 0.717) is 13.0 Å². The molecule has 0 aromatic rings. The van der Waals surface area contributed by atoms with Gasteiger partial charge in [0.05, 0.1) is 0 Å². The molecule has 0 spiro atoms. The van der Waals surface area contributed by atoms with Crippen LogP contribution in [0.1, 0.15) is 111 Å². The van der Waals surface area contributed by atoms with Crippen LogP contribution in [-0.2, 0) is 9.53 Å². The molecule has 0 aromatic heterocycles. The molecule has 0 rings (SSSR count). The van der Waals surface area contributed by atoms with Crippen LogP contribution in [0, 0.1) is 5.41 Å². The number of hydrogen-bond donors (Lipinski definition) is 1. The first kappa shape index (κ1) is 26.1. The predicted molar refractivity (Wildman–Crippen MR) is 117 cm³/mol. The van der Waals surface area contributed by atoms with Crippen molar-refractivity contribution in [2.75, 3.05) is 19.7 Å². The highest BCUT2D eigenvalue weighted by Crippen LogP contribution is 2.14. The van der Waals surface area contributed by atoms with Gasteiger partial charge in [-0.3, -0.25) is 9.79 Å². The van der Waals surface area contributed by atoms with E-state index >= 15 is 0 Å². The standard InChI is InChI=1S/C23H46N2O2/c1-4-5-6-7-8-9-10-11-14-17-22(26)27-21-23(2,3)20-25-19-16-13-12-15-18-24/h20H,4-19,21,24H2,1-3H3. The third-order valence-corrected chi connectivity index (χ3v) is 4.77. The molecular formula is C23H46N2O2. The molecule has 2 N–H and O–H groups in total. The van der Waals surface area contributed by atoms with Crippen LogP contribution in [0.2, 0.25) is 0 Å². The summed E-state index contributed by atoms with van der Waals surface area (Å²) in [7, 11) is 0. The van der Waals surface area contributed by atoms with E-state index in [1.165, 1.54) is 57.8 Å². The second kappa shape index (κ2) is 18.5. The van der Waals surface area contributed by atoms with Gasteiger partial charge in [0, 0.05) is 24.6 Å². The highest BCUT2D eigenvalue weighted by molar-refractivity contribution is 5.70. The molecule has 0 saturated heterocycles. The molecule has 0 saturated carbocycles. The van der Waals surface area contributed by atoms with Crippen molar-refractivity contribution in [1.82, 2.24) is 0 Å². The molecule has 0 aromatic carbocycles. The van der Waals surface area contributed by atoms with Gasteiger partial charge < -0.3 is 10.5 Å². The molecule has 4 heteroatoms. The fourth-order valence-electron chi connectivity index (χ4n) is 2.97. The van der Waals surface area contributed by atoms with Crippen LogP contribution in [0.3, 0.4) is 0 Å². The van der Waals surface area contributed by atoms with Gasteiger partial charge in [-0.25, -0.2) is 0 Å². The Kier molecular flexibility index (Phi) is 17.8. The van der Waals surface area contributed by atoms with Crippen molar-refractivity contribution in [1.29, 1.82) is 0 Å². The number of rotatable bonds is 19. The molecule has 0 aliphatic rings. The van der Waals surface area contributed by atoms with Crippen molar-refractivity contribution in [3.05, 3.63) is 0 Å². The smallest absolute Gasteiger partial charge is 0.305 e. The molecule has 0 atom stereocenters. The van der Waals surface area contributed by atoms with Crippen LogP contribution in [-0.4, -0.2) is 31.9 Å². The number of nitrogens with zero attached hydrogens (tertiary/aromatic N) is 1. The zero-order chi connectivity index (χ0) is 20.2. The molecule has 0 amide bonds. The van der Waals surface area contributed by atoms with E-state index in [4.69, 9.17) is 10.5 Å². The van der Waals surface area contributed by atoms with Crippen molar-refractivity contribution in [3.63, 3.8) is 0 Å². The highest BCUT2D eigenvalue weighted by atomic mass is 16.5. The third-order valence-electron chi connectivity index (χ3n) is 4.77. The van der Waals surface area contributed by atoms with Gasteiger partial charge in [0.15, 0.2) is 0 Å². The minimum atomic E-state index is -0.189. The number of esters is 1. The summed E-state index contributed by atoms with van der Waals surface area (Å²) in [5.74, 6) is -0.0683. The SMILES string of the molecule is CCCCCCCCCCCC(=O)OCC(C)(C)C=NCCCCCCN. The van der Waals surface area contributed by atoms with E-state index in [9.17, 15) is 4.79 Å². The molecule has 160 valence electrons. The van der Waals surface area contributed by atoms with E-state index in [-0.39, 0.29) is 11.4 Å². The summed E-state index contributed by atoms with van der Waals surface area (Å²) >= 11 is 0. The molecule has 0 unspecified atom stereocenters. The first-order valence-electron chi connectivity index (χ1n) is 11.4. The average Bonchev–Trinajstić information content (AvgIpc) is 2.64. The topological polar surface area (TPSA) is 64.7 Å². The van der Waals surface area contributed by atoms with Gasteiger partial charge in [-0.1, -0.05) is 85.0 Å². The molecular weight excluding hydrogens is 336 g/mol. The Balaban J connectivity index is 3.60. The van der Waals surface area contributed by atoms with Crippen molar-refractivity contribution < 1.29 is 9.53 Å². The number of aliphatic imine (C=N–C) groups is 1. The largest absolute Gasteiger partial charge is 0.465 e. The molecule has 0 aliphatic carbocycles. The van der Waals surface area contributed by atoms with E-state index in [0.717, 1.165) is 38.8 Å². The van der Waals surface area contributed by atoms with Gasteiger partial charge in [-0.2, -0.15) is 0 Å². The van der Waals surface area contributed by atoms with Crippen LogP contribution in [0.5, 0.6) is 0 Å². The Hall–Kier alpha value is -0.900. The highest BCUT2D eigenvalue weighted by Gasteiger charge is 2.17. The maximum Gasteiger partial charge on any atom is 0.305 e. The summed E-state index contributed by atoms with van der Waals surface area (Å²) < 4.78 is 5.44. The van der Waals surface area contributed by atoms with Gasteiger partial charge >= 0.3 is 5.97 Å². The van der Waals surface area contributed by atoms with Crippen molar-refractivity contribution in [2.45, 2.75) is 111 Å². The quantitative estimate of drug-likeness (QED) is 0.168. The molecule has 0 heterocycles. The van der Waals surface area contributed by atoms with Gasteiger partial charge in [0.25, 0.3) is 0 Å². The van der Waals surface area contributed by atoms with E-state index in [1.807, 2.05) is 6.21 Å². The first-order chi connectivity index (χ1) is 13.0. The Morgan fingerprint density at radius 3 is 2.07 bits per heavy atom. The van der Waals surface area contributed by atoms with E-state index in [1.54, 1.807) is 0 Å². The van der Waals surface area contributed by atoms with Crippen molar-refractivity contribution in [3.8, 4) is 0 Å². The normalized spacial score (nSPS) is 12.0. The lowest BCUT2D eigenvalue weighted by Gasteiger charge is -2.19. The number of nitrogens with two attached hydrogens (primary N) is 1. The minimum absolute atomic E-state index is 0.0683. The molecule has 0 aliphatic heterocycles. The van der Waals surface area contributed by atoms with Gasteiger partial charge in [0.2, 0.25) is 0 Å². The Bertz CT molecular complexity index is 367. The third kappa shape index (κ3) is 19.7. The molecule has 0 bridgehead atoms. The summed E-state index contributed by atoms with van der Waals surface area (Å²) in [4.78, 5) is 16.4. The van der Waals surface area contributed by atoms with Crippen LogP contribution in [0.4, 0.5) is 0 Å². The molecule has 0 radical (unpaired) electrons. The van der Waals surface area contributed by atoms with Crippen molar-refractivity contribution >= 4 is 12.2 Å². The van der Waals surface area contributed by atoms with Crippen LogP contribution < -0.4 is 5.73 Å². The van der Waals surface area contributed by atoms with Gasteiger partial charge in [-0.15, -0.1) is 0 Å². The maximum absolute atomic E-state index is 11.9. The summed E-state index contributed by atoms with van der Waals surface area (Å²) in [6.07, 6.45) is 18.4. The molecule has 0 fully saturated rings. The monoisotopic (exact) mass is 382 g/mol. The molecule has 27 heavy (non-hydrogen) atoms. The average molecular weight is 383 g/mol. The Morgan fingerprint density at radius 2 is 1.44 bits per heavy atom. The first-order valence-corrected chi connectivity index (χ1v) is 11.4. The molecule has 4 nitrogen and oxygen atoms in total. The van der Waals surface area contributed by atoms with Gasteiger partial charge in [0.1, 0.15) is 6.61 Å².